The van der Waals surface area contributed by atoms with E-state index in [1.54, 1.807) is 19.2 Å². The predicted molar refractivity (Wildman–Crippen MR) is 157 cm³/mol. The molecule has 44 heavy (non-hydrogen) atoms. The topological polar surface area (TPSA) is 174 Å². The van der Waals surface area contributed by atoms with E-state index in [1.165, 1.54) is 0 Å². The van der Waals surface area contributed by atoms with Gasteiger partial charge in [-0.15, -0.1) is 40.8 Å². The van der Waals surface area contributed by atoms with Gasteiger partial charge in [-0.3, -0.25) is 0 Å². The summed E-state index contributed by atoms with van der Waals surface area (Å²) in [5, 5.41) is 52.1. The maximum Gasteiger partial charge on any atom is 0.204 e. The standard InChI is InChI=1S/C28H32N16/c1-2-6-18-42-34-26(30-38-42)22-13-15-24(16-14-22)28-32-40-44(36-28)20-8-4-3-7-19-43-35-27(31-39-43)23-11-9-21(10-12-23)25-29-37-41(33-25)17-5-1/h9-16H,1-8,17-20H2. The van der Waals surface area contributed by atoms with E-state index in [1.807, 2.05) is 48.5 Å². The van der Waals surface area contributed by atoms with Gasteiger partial charge in [0.25, 0.3) is 0 Å². The van der Waals surface area contributed by atoms with Crippen LogP contribution in [0.15, 0.2) is 48.5 Å². The summed E-state index contributed by atoms with van der Waals surface area (Å²) in [6.07, 6.45) is 8.01. The normalized spacial score (nSPS) is 15.1. The first-order chi connectivity index (χ1) is 21.8. The van der Waals surface area contributed by atoms with E-state index >= 15 is 0 Å². The molecule has 16 nitrogen and oxygen atoms in total. The van der Waals surface area contributed by atoms with E-state index < -0.39 is 0 Å². The van der Waals surface area contributed by atoms with Gasteiger partial charge in [-0.25, -0.2) is 0 Å². The molecular weight excluding hydrogens is 560 g/mol. The summed E-state index contributed by atoms with van der Waals surface area (Å²) in [4.78, 5) is 6.64. The molecule has 2 aromatic carbocycles. The largest absolute Gasteiger partial charge is 0.204 e. The van der Waals surface area contributed by atoms with Crippen LogP contribution in [0.5, 0.6) is 0 Å². The molecule has 0 N–H and O–H groups in total. The Bertz CT molecular complexity index is 1520. The van der Waals surface area contributed by atoms with Crippen LogP contribution in [0.1, 0.15) is 51.4 Å². The average molecular weight is 593 g/mol. The maximum atomic E-state index is 4.56. The second-order valence-corrected chi connectivity index (χ2v) is 10.8. The lowest BCUT2D eigenvalue weighted by molar-refractivity contribution is 0.449. The fourth-order valence-corrected chi connectivity index (χ4v) is 5.07. The minimum atomic E-state index is 0.599. The van der Waals surface area contributed by atoms with Crippen molar-refractivity contribution >= 4 is 0 Å². The second kappa shape index (κ2) is 12.9. The molecule has 0 saturated carbocycles. The van der Waals surface area contributed by atoms with Gasteiger partial charge in [0, 0.05) is 22.3 Å². The summed E-state index contributed by atoms with van der Waals surface area (Å²) in [5.41, 5.74) is 3.58. The third kappa shape index (κ3) is 6.53. The van der Waals surface area contributed by atoms with E-state index in [0.717, 1.165) is 73.6 Å². The highest BCUT2D eigenvalue weighted by atomic mass is 15.6. The van der Waals surface area contributed by atoms with Crippen molar-refractivity contribution in [2.45, 2.75) is 77.5 Å². The molecule has 0 saturated heterocycles. The van der Waals surface area contributed by atoms with Gasteiger partial charge in [0.05, 0.1) is 26.2 Å². The molecule has 0 amide bonds. The van der Waals surface area contributed by atoms with Crippen LogP contribution < -0.4 is 0 Å². The molecule has 0 aliphatic carbocycles. The van der Waals surface area contributed by atoms with Crippen LogP contribution >= 0.6 is 0 Å². The molecule has 10 rings (SSSR count). The van der Waals surface area contributed by atoms with Crippen molar-refractivity contribution in [2.75, 3.05) is 0 Å². The maximum absolute atomic E-state index is 4.56. The quantitative estimate of drug-likeness (QED) is 0.252. The van der Waals surface area contributed by atoms with Crippen LogP contribution in [-0.4, -0.2) is 80.8 Å². The van der Waals surface area contributed by atoms with E-state index in [0.29, 0.717) is 49.5 Å². The van der Waals surface area contributed by atoms with Crippen LogP contribution in [0.25, 0.3) is 45.6 Å². The van der Waals surface area contributed by atoms with Crippen molar-refractivity contribution in [3.8, 4) is 45.6 Å². The van der Waals surface area contributed by atoms with Gasteiger partial charge in [-0.2, -0.15) is 19.2 Å². The summed E-state index contributed by atoms with van der Waals surface area (Å²) in [7, 11) is 0. The highest BCUT2D eigenvalue weighted by molar-refractivity contribution is 5.63. The molecule has 8 heterocycles. The van der Waals surface area contributed by atoms with Gasteiger partial charge >= 0.3 is 0 Å². The van der Waals surface area contributed by atoms with Crippen LogP contribution in [0.4, 0.5) is 0 Å². The summed E-state index contributed by atoms with van der Waals surface area (Å²) < 4.78 is 0. The summed E-state index contributed by atoms with van der Waals surface area (Å²) in [6.45, 7) is 2.86. The van der Waals surface area contributed by atoms with Crippen molar-refractivity contribution in [3.05, 3.63) is 48.5 Å². The highest BCUT2D eigenvalue weighted by Crippen LogP contribution is 2.21. The van der Waals surface area contributed by atoms with Crippen LogP contribution in [0.2, 0.25) is 0 Å². The number of hydrogen-bond acceptors (Lipinski definition) is 12. The van der Waals surface area contributed by atoms with Crippen molar-refractivity contribution in [2.24, 2.45) is 0 Å². The lowest BCUT2D eigenvalue weighted by Gasteiger charge is -2.01. The van der Waals surface area contributed by atoms with Gasteiger partial charge < -0.3 is 0 Å². The number of aromatic nitrogens is 16. The highest BCUT2D eigenvalue weighted by Gasteiger charge is 2.12. The summed E-state index contributed by atoms with van der Waals surface area (Å²) in [6, 6.07) is 15.7. The molecule has 0 unspecified atom stereocenters. The number of hydrogen-bond donors (Lipinski definition) is 0. The number of tetrazole rings is 4. The molecule has 4 aliphatic rings. The SMILES string of the molecule is c1cc2ccc1-c1nnn(n1)CCCCCCn1nnc(n1)-c1ccc(cc1)-c1nnn(n1)CCCCCCn1nnc-2n1. The lowest BCUT2D eigenvalue weighted by atomic mass is 10.1. The van der Waals surface area contributed by atoms with E-state index in [-0.39, 0.29) is 0 Å². The lowest BCUT2D eigenvalue weighted by Crippen LogP contribution is -2.04. The molecule has 4 aromatic heterocycles. The molecule has 6 aromatic rings. The van der Waals surface area contributed by atoms with Crippen molar-refractivity contribution in [1.29, 1.82) is 0 Å². The van der Waals surface area contributed by atoms with Crippen LogP contribution in [0, 0.1) is 0 Å². The molecule has 0 fully saturated rings. The molecule has 0 spiro atoms. The molecule has 4 aliphatic heterocycles. The Kier molecular flexibility index (Phi) is 8.09. The molecule has 16 heteroatoms. The fraction of sp³-hybridized carbons (Fsp3) is 0.429. The summed E-state index contributed by atoms with van der Waals surface area (Å²) in [5.74, 6) is 2.40. The van der Waals surface area contributed by atoms with Gasteiger partial charge in [-0.1, -0.05) is 74.2 Å². The van der Waals surface area contributed by atoms with Crippen LogP contribution in [-0.2, 0) is 26.2 Å². The van der Waals surface area contributed by atoms with Crippen molar-refractivity contribution < 1.29 is 0 Å². The van der Waals surface area contributed by atoms with Crippen molar-refractivity contribution in [1.82, 2.24) is 80.8 Å². The molecule has 0 radical (unpaired) electrons. The third-order valence-electron chi connectivity index (χ3n) is 7.55. The van der Waals surface area contributed by atoms with Gasteiger partial charge in [-0.05, 0) is 46.5 Å². The molecule has 12 bridgehead atoms. The zero-order valence-corrected chi connectivity index (χ0v) is 24.3. The van der Waals surface area contributed by atoms with E-state index in [4.69, 9.17) is 0 Å². The zero-order chi connectivity index (χ0) is 29.6. The van der Waals surface area contributed by atoms with E-state index in [9.17, 15) is 0 Å². The third-order valence-corrected chi connectivity index (χ3v) is 7.55. The fourth-order valence-electron chi connectivity index (χ4n) is 5.07. The monoisotopic (exact) mass is 592 g/mol. The Morgan fingerprint density at radius 3 is 0.773 bits per heavy atom. The number of aryl methyl sites for hydroxylation is 4. The Morgan fingerprint density at radius 2 is 0.545 bits per heavy atom. The minimum absolute atomic E-state index is 0.599. The Labute approximate surface area is 252 Å². The molecular formula is C28H32N16. The van der Waals surface area contributed by atoms with Gasteiger partial charge in [0.2, 0.25) is 23.3 Å². The Hall–Kier alpha value is -5.28. The number of nitrogens with zero attached hydrogens (tertiary/aromatic N) is 16. The minimum Gasteiger partial charge on any atom is -0.164 e. The van der Waals surface area contributed by atoms with Crippen molar-refractivity contribution in [3.63, 3.8) is 0 Å². The molecule has 224 valence electrons. The second-order valence-electron chi connectivity index (χ2n) is 10.8. The molecule has 0 atom stereocenters. The predicted octanol–water partition coefficient (Wildman–Crippen LogP) is 3.14. The Morgan fingerprint density at radius 1 is 0.318 bits per heavy atom. The average Bonchev–Trinajstić information content (AvgIpc) is 3.88. The number of rotatable bonds is 0. The number of benzene rings is 2. The first-order valence-corrected chi connectivity index (χ1v) is 15.1. The first-order valence-electron chi connectivity index (χ1n) is 15.1. The first kappa shape index (κ1) is 27.5. The smallest absolute Gasteiger partial charge is 0.164 e. The van der Waals surface area contributed by atoms with E-state index in [2.05, 4.69) is 61.6 Å². The van der Waals surface area contributed by atoms with Gasteiger partial charge in [0.15, 0.2) is 0 Å². The van der Waals surface area contributed by atoms with Crippen LogP contribution in [0.3, 0.4) is 0 Å². The Balaban J connectivity index is 1.02. The van der Waals surface area contributed by atoms with Gasteiger partial charge in [0.1, 0.15) is 0 Å². The summed E-state index contributed by atoms with van der Waals surface area (Å²) >= 11 is 0. The zero-order valence-electron chi connectivity index (χ0n) is 24.3.